The first-order valence-corrected chi connectivity index (χ1v) is 6.74. The molecule has 2 aromatic rings. The third kappa shape index (κ3) is 3.58. The predicted molar refractivity (Wildman–Crippen MR) is 81.2 cm³/mol. The van der Waals surface area contributed by atoms with Crippen LogP contribution in [0.1, 0.15) is 21.5 Å². The third-order valence-electron chi connectivity index (χ3n) is 2.84. The van der Waals surface area contributed by atoms with Gasteiger partial charge in [-0.3, -0.25) is 4.79 Å². The summed E-state index contributed by atoms with van der Waals surface area (Å²) < 4.78 is 1.03. The Bertz CT molecular complexity index is 594. The Morgan fingerprint density at radius 1 is 1.21 bits per heavy atom. The van der Waals surface area contributed by atoms with E-state index in [4.69, 9.17) is 5.73 Å². The van der Waals surface area contributed by atoms with Crippen LogP contribution in [0.3, 0.4) is 0 Å². The Kier molecular flexibility index (Phi) is 4.22. The maximum absolute atomic E-state index is 11.0. The Morgan fingerprint density at radius 3 is 2.53 bits per heavy atom. The molecule has 2 rings (SSSR count). The van der Waals surface area contributed by atoms with E-state index < -0.39 is 5.91 Å². The minimum atomic E-state index is -0.402. The average molecular weight is 319 g/mol. The zero-order chi connectivity index (χ0) is 13.8. The Balaban J connectivity index is 2.06. The second-order valence-electron chi connectivity index (χ2n) is 4.40. The number of hydrogen-bond donors (Lipinski definition) is 2. The summed E-state index contributed by atoms with van der Waals surface area (Å²) in [5.41, 5.74) is 9.09. The zero-order valence-electron chi connectivity index (χ0n) is 10.6. The van der Waals surface area contributed by atoms with Crippen LogP contribution in [0.4, 0.5) is 5.69 Å². The number of aryl methyl sites for hydroxylation is 1. The molecule has 19 heavy (non-hydrogen) atoms. The fourth-order valence-electron chi connectivity index (χ4n) is 1.76. The van der Waals surface area contributed by atoms with Crippen LogP contribution in [0, 0.1) is 6.92 Å². The highest BCUT2D eigenvalue weighted by Gasteiger charge is 2.02. The maximum atomic E-state index is 11.0. The normalized spacial score (nSPS) is 10.2. The number of hydrogen-bond acceptors (Lipinski definition) is 2. The molecular weight excluding hydrogens is 304 g/mol. The van der Waals surface area contributed by atoms with E-state index in [1.165, 1.54) is 5.56 Å². The van der Waals surface area contributed by atoms with Crippen molar-refractivity contribution in [1.82, 2.24) is 0 Å². The lowest BCUT2D eigenvalue weighted by Gasteiger charge is -2.10. The number of halogens is 1. The minimum Gasteiger partial charge on any atom is -0.380 e. The molecule has 98 valence electrons. The molecule has 0 unspecified atom stereocenters. The van der Waals surface area contributed by atoms with E-state index >= 15 is 0 Å². The average Bonchev–Trinajstić information content (AvgIpc) is 2.40. The summed E-state index contributed by atoms with van der Waals surface area (Å²) in [5, 5.41) is 3.36. The summed E-state index contributed by atoms with van der Waals surface area (Å²) in [4.78, 5) is 11.0. The quantitative estimate of drug-likeness (QED) is 0.906. The smallest absolute Gasteiger partial charge is 0.248 e. The van der Waals surface area contributed by atoms with Crippen molar-refractivity contribution in [3.05, 3.63) is 63.6 Å². The van der Waals surface area contributed by atoms with Crippen molar-refractivity contribution in [3.8, 4) is 0 Å². The van der Waals surface area contributed by atoms with Crippen LogP contribution in [0.5, 0.6) is 0 Å². The molecule has 3 N–H and O–H groups in total. The molecule has 0 radical (unpaired) electrons. The lowest BCUT2D eigenvalue weighted by Crippen LogP contribution is -2.10. The van der Waals surface area contributed by atoms with E-state index in [2.05, 4.69) is 40.3 Å². The highest BCUT2D eigenvalue weighted by Crippen LogP contribution is 2.23. The van der Waals surface area contributed by atoms with Crippen LogP contribution in [0.15, 0.2) is 46.9 Å². The third-order valence-corrected chi connectivity index (χ3v) is 3.53. The van der Waals surface area contributed by atoms with Crippen LogP contribution < -0.4 is 11.1 Å². The summed E-state index contributed by atoms with van der Waals surface area (Å²) in [7, 11) is 0. The van der Waals surface area contributed by atoms with Gasteiger partial charge in [-0.15, -0.1) is 0 Å². The van der Waals surface area contributed by atoms with E-state index in [-0.39, 0.29) is 0 Å². The Morgan fingerprint density at radius 2 is 1.89 bits per heavy atom. The summed E-state index contributed by atoms with van der Waals surface area (Å²) in [6.45, 7) is 2.75. The molecule has 0 aliphatic rings. The van der Waals surface area contributed by atoms with Gasteiger partial charge in [0.1, 0.15) is 0 Å². The van der Waals surface area contributed by atoms with Gasteiger partial charge in [-0.25, -0.2) is 0 Å². The predicted octanol–water partition coefficient (Wildman–Crippen LogP) is 3.47. The fourth-order valence-corrected chi connectivity index (χ4v) is 2.15. The highest BCUT2D eigenvalue weighted by atomic mass is 79.9. The van der Waals surface area contributed by atoms with Gasteiger partial charge in [-0.2, -0.15) is 0 Å². The fraction of sp³-hybridized carbons (Fsp3) is 0.133. The summed E-state index contributed by atoms with van der Waals surface area (Å²) in [5.74, 6) is -0.402. The van der Waals surface area contributed by atoms with Crippen molar-refractivity contribution in [2.24, 2.45) is 5.73 Å². The molecule has 4 heteroatoms. The summed E-state index contributed by atoms with van der Waals surface area (Å²) in [6.07, 6.45) is 0. The highest BCUT2D eigenvalue weighted by molar-refractivity contribution is 9.10. The van der Waals surface area contributed by atoms with Gasteiger partial charge >= 0.3 is 0 Å². The summed E-state index contributed by atoms with van der Waals surface area (Å²) in [6, 6.07) is 13.4. The number of carbonyl (C=O) groups excluding carboxylic acids is 1. The molecule has 0 saturated heterocycles. The monoisotopic (exact) mass is 318 g/mol. The van der Waals surface area contributed by atoms with Crippen molar-refractivity contribution >= 4 is 27.5 Å². The first-order valence-electron chi connectivity index (χ1n) is 5.95. The zero-order valence-corrected chi connectivity index (χ0v) is 12.2. The topological polar surface area (TPSA) is 55.1 Å². The maximum Gasteiger partial charge on any atom is 0.248 e. The van der Waals surface area contributed by atoms with Crippen LogP contribution in [0.25, 0.3) is 0 Å². The van der Waals surface area contributed by atoms with Gasteiger partial charge in [0, 0.05) is 22.3 Å². The summed E-state index contributed by atoms with van der Waals surface area (Å²) >= 11 is 3.51. The lowest BCUT2D eigenvalue weighted by molar-refractivity contribution is 0.100. The first-order chi connectivity index (χ1) is 9.06. The first kappa shape index (κ1) is 13.6. The number of primary amides is 1. The minimum absolute atomic E-state index is 0.402. The van der Waals surface area contributed by atoms with E-state index in [1.54, 1.807) is 12.1 Å². The molecule has 3 nitrogen and oxygen atoms in total. The van der Waals surface area contributed by atoms with E-state index in [0.29, 0.717) is 12.1 Å². The molecule has 0 atom stereocenters. The van der Waals surface area contributed by atoms with Gasteiger partial charge < -0.3 is 11.1 Å². The molecule has 0 saturated carbocycles. The molecule has 0 aliphatic heterocycles. The molecule has 0 spiro atoms. The van der Waals surface area contributed by atoms with E-state index in [1.807, 2.05) is 18.2 Å². The van der Waals surface area contributed by atoms with Crippen LogP contribution in [-0.2, 0) is 6.54 Å². The van der Waals surface area contributed by atoms with Crippen molar-refractivity contribution in [2.45, 2.75) is 13.5 Å². The molecule has 0 heterocycles. The lowest BCUT2D eigenvalue weighted by atomic mass is 10.1. The molecule has 0 aliphatic carbocycles. The number of nitrogens with two attached hydrogens (primary N) is 1. The van der Waals surface area contributed by atoms with E-state index in [9.17, 15) is 4.79 Å². The number of nitrogens with one attached hydrogen (secondary N) is 1. The number of anilines is 1. The standard InChI is InChI=1S/C15H15BrN2O/c1-10-2-7-13(16)14(8-10)18-9-11-3-5-12(6-4-11)15(17)19/h2-8,18H,9H2,1H3,(H2,17,19). The largest absolute Gasteiger partial charge is 0.380 e. The van der Waals surface area contributed by atoms with Crippen LogP contribution in [0.2, 0.25) is 0 Å². The molecule has 1 amide bonds. The second kappa shape index (κ2) is 5.89. The van der Waals surface area contributed by atoms with Gasteiger partial charge in [0.25, 0.3) is 0 Å². The Hall–Kier alpha value is -1.81. The van der Waals surface area contributed by atoms with Crippen molar-refractivity contribution < 1.29 is 4.79 Å². The van der Waals surface area contributed by atoms with Crippen LogP contribution >= 0.6 is 15.9 Å². The van der Waals surface area contributed by atoms with E-state index in [0.717, 1.165) is 15.7 Å². The number of carbonyl (C=O) groups is 1. The van der Waals surface area contributed by atoms with Gasteiger partial charge in [-0.1, -0.05) is 18.2 Å². The molecule has 0 fully saturated rings. The second-order valence-corrected chi connectivity index (χ2v) is 5.25. The number of rotatable bonds is 4. The van der Waals surface area contributed by atoms with Crippen LogP contribution in [-0.4, -0.2) is 5.91 Å². The number of benzene rings is 2. The molecular formula is C15H15BrN2O. The molecule has 0 aromatic heterocycles. The van der Waals surface area contributed by atoms with Gasteiger partial charge in [0.05, 0.1) is 0 Å². The van der Waals surface area contributed by atoms with Crippen molar-refractivity contribution in [1.29, 1.82) is 0 Å². The van der Waals surface area contributed by atoms with Crippen molar-refractivity contribution in [3.63, 3.8) is 0 Å². The molecule has 2 aromatic carbocycles. The van der Waals surface area contributed by atoms with Gasteiger partial charge in [0.15, 0.2) is 0 Å². The SMILES string of the molecule is Cc1ccc(Br)c(NCc2ccc(C(N)=O)cc2)c1. The number of amides is 1. The van der Waals surface area contributed by atoms with Gasteiger partial charge in [0.2, 0.25) is 5.91 Å². The van der Waals surface area contributed by atoms with Gasteiger partial charge in [-0.05, 0) is 58.2 Å². The van der Waals surface area contributed by atoms with Crippen molar-refractivity contribution in [2.75, 3.05) is 5.32 Å². The molecule has 0 bridgehead atoms. The Labute approximate surface area is 121 Å².